The molecule has 0 radical (unpaired) electrons. The van der Waals surface area contributed by atoms with Gasteiger partial charge >= 0.3 is 0 Å². The second kappa shape index (κ2) is 8.05. The molecule has 6 heteroatoms. The number of hydrogen-bond acceptors (Lipinski definition) is 3. The zero-order chi connectivity index (χ0) is 19.8. The second-order valence-electron chi connectivity index (χ2n) is 7.61. The lowest BCUT2D eigenvalue weighted by Gasteiger charge is -2.29. The molecule has 0 aliphatic carbocycles. The van der Waals surface area contributed by atoms with E-state index in [9.17, 15) is 0 Å². The van der Waals surface area contributed by atoms with Gasteiger partial charge in [0.15, 0.2) is 5.15 Å². The van der Waals surface area contributed by atoms with E-state index < -0.39 is 0 Å². The topological polar surface area (TPSA) is 39.9 Å². The third-order valence-electron chi connectivity index (χ3n) is 5.86. The minimum Gasteiger partial charge on any atom is -0.381 e. The van der Waals surface area contributed by atoms with Crippen LogP contribution in [0.15, 0.2) is 59.3 Å². The average Bonchev–Trinajstić information content (AvgIpc) is 3.08. The van der Waals surface area contributed by atoms with E-state index >= 15 is 0 Å². The molecule has 3 aromatic heterocycles. The molecule has 0 amide bonds. The van der Waals surface area contributed by atoms with Crippen LogP contribution in [0.1, 0.15) is 30.9 Å². The third kappa shape index (κ3) is 3.56. The summed E-state index contributed by atoms with van der Waals surface area (Å²) >= 11 is 10.3. The van der Waals surface area contributed by atoms with Crippen LogP contribution in [0.4, 0.5) is 0 Å². The van der Waals surface area contributed by atoms with Gasteiger partial charge in [-0.3, -0.25) is 4.98 Å². The lowest BCUT2D eigenvalue weighted by atomic mass is 9.89. The number of benzene rings is 1. The first-order chi connectivity index (χ1) is 14.2. The molecule has 4 aromatic rings. The predicted octanol–water partition coefficient (Wildman–Crippen LogP) is 6.41. The molecule has 0 spiro atoms. The molecule has 1 aliphatic heterocycles. The van der Waals surface area contributed by atoms with Crippen LogP contribution in [0.25, 0.3) is 21.9 Å². The minimum absolute atomic E-state index is 0.150. The zero-order valence-electron chi connectivity index (χ0n) is 15.9. The Morgan fingerprint density at radius 2 is 1.93 bits per heavy atom. The smallest absolute Gasteiger partial charge is 0.153 e. The summed E-state index contributed by atoms with van der Waals surface area (Å²) in [6, 6.07) is 15.0. The molecule has 0 N–H and O–H groups in total. The molecule has 29 heavy (non-hydrogen) atoms. The zero-order valence-corrected chi connectivity index (χ0v) is 18.2. The molecule has 0 saturated carbocycles. The number of pyridine rings is 2. The summed E-state index contributed by atoms with van der Waals surface area (Å²) in [4.78, 5) is 9.11. The minimum atomic E-state index is 0.150. The van der Waals surface area contributed by atoms with Gasteiger partial charge in [0.25, 0.3) is 0 Å². The molecule has 0 bridgehead atoms. The van der Waals surface area contributed by atoms with Gasteiger partial charge in [0.1, 0.15) is 0 Å². The average molecular weight is 471 g/mol. The Morgan fingerprint density at radius 3 is 2.72 bits per heavy atom. The molecular weight excluding hydrogens is 450 g/mol. The SMILES string of the molecule is Clc1nccc2c3ncc(Br)cc3n(C(CC3CCOCC3)c3ccccc3)c12. The Balaban J connectivity index is 1.77. The van der Waals surface area contributed by atoms with E-state index in [1.165, 1.54) is 5.56 Å². The Labute approximate surface area is 183 Å². The first kappa shape index (κ1) is 19.0. The Hall–Kier alpha value is -1.95. The van der Waals surface area contributed by atoms with Crippen molar-refractivity contribution in [1.82, 2.24) is 14.5 Å². The van der Waals surface area contributed by atoms with Gasteiger partial charge in [-0.2, -0.15) is 0 Å². The van der Waals surface area contributed by atoms with Crippen LogP contribution in [0.2, 0.25) is 5.15 Å². The Bertz CT molecular complexity index is 1160. The van der Waals surface area contributed by atoms with Crippen molar-refractivity contribution in [1.29, 1.82) is 0 Å². The van der Waals surface area contributed by atoms with E-state index in [4.69, 9.17) is 21.3 Å². The molecule has 1 fully saturated rings. The third-order valence-corrected chi connectivity index (χ3v) is 6.57. The van der Waals surface area contributed by atoms with E-state index in [1.54, 1.807) is 6.20 Å². The highest BCUT2D eigenvalue weighted by atomic mass is 79.9. The fourth-order valence-corrected chi connectivity index (χ4v) is 5.04. The van der Waals surface area contributed by atoms with Gasteiger partial charge in [0.2, 0.25) is 0 Å². The molecular formula is C23H21BrClN3O. The maximum absolute atomic E-state index is 6.66. The van der Waals surface area contributed by atoms with E-state index in [0.29, 0.717) is 11.1 Å². The normalized spacial score (nSPS) is 16.5. The quantitative estimate of drug-likeness (QED) is 0.324. The Morgan fingerprint density at radius 1 is 1.14 bits per heavy atom. The summed E-state index contributed by atoms with van der Waals surface area (Å²) in [6.07, 6.45) is 6.82. The number of fused-ring (bicyclic) bond motifs is 3. The van der Waals surface area contributed by atoms with Gasteiger partial charge < -0.3 is 9.30 Å². The molecule has 1 unspecified atom stereocenters. The van der Waals surface area contributed by atoms with Crippen molar-refractivity contribution in [3.8, 4) is 0 Å². The van der Waals surface area contributed by atoms with Gasteiger partial charge in [-0.15, -0.1) is 0 Å². The second-order valence-corrected chi connectivity index (χ2v) is 8.88. The van der Waals surface area contributed by atoms with Crippen LogP contribution in [0, 0.1) is 5.92 Å². The fraction of sp³-hybridized carbons (Fsp3) is 0.304. The van der Waals surface area contributed by atoms with Crippen LogP contribution < -0.4 is 0 Å². The summed E-state index contributed by atoms with van der Waals surface area (Å²) in [6.45, 7) is 1.68. The largest absolute Gasteiger partial charge is 0.381 e. The van der Waals surface area contributed by atoms with Crippen molar-refractivity contribution < 1.29 is 4.74 Å². The summed E-state index contributed by atoms with van der Waals surface area (Å²) in [5.74, 6) is 0.608. The highest BCUT2D eigenvalue weighted by Crippen LogP contribution is 2.40. The van der Waals surface area contributed by atoms with Crippen molar-refractivity contribution in [2.75, 3.05) is 13.2 Å². The van der Waals surface area contributed by atoms with Crippen molar-refractivity contribution in [2.24, 2.45) is 5.92 Å². The Kier molecular flexibility index (Phi) is 5.29. The first-order valence-electron chi connectivity index (χ1n) is 9.94. The van der Waals surface area contributed by atoms with Gasteiger partial charge in [0, 0.05) is 35.5 Å². The fourth-order valence-electron chi connectivity index (χ4n) is 4.48. The first-order valence-corrected chi connectivity index (χ1v) is 11.1. The summed E-state index contributed by atoms with van der Waals surface area (Å²) in [7, 11) is 0. The standard InChI is InChI=1S/C23H21BrClN3O/c24-17-13-20-21(27-14-17)18-6-9-26-23(25)22(18)28(20)19(16-4-2-1-3-5-16)12-15-7-10-29-11-8-15/h1-6,9,13-15,19H,7-8,10-12H2. The van der Waals surface area contributed by atoms with Crippen LogP contribution in [-0.2, 0) is 4.74 Å². The summed E-state index contributed by atoms with van der Waals surface area (Å²) in [5.41, 5.74) is 4.26. The predicted molar refractivity (Wildman–Crippen MR) is 120 cm³/mol. The van der Waals surface area contributed by atoms with Crippen molar-refractivity contribution in [3.63, 3.8) is 0 Å². The van der Waals surface area contributed by atoms with Crippen molar-refractivity contribution in [2.45, 2.75) is 25.3 Å². The number of ether oxygens (including phenoxy) is 1. The van der Waals surface area contributed by atoms with Crippen LogP contribution in [0.5, 0.6) is 0 Å². The maximum atomic E-state index is 6.66. The van der Waals surface area contributed by atoms with Gasteiger partial charge in [-0.1, -0.05) is 41.9 Å². The number of halogens is 2. The van der Waals surface area contributed by atoms with E-state index in [1.807, 2.05) is 12.3 Å². The van der Waals surface area contributed by atoms with E-state index in [0.717, 1.165) is 58.9 Å². The van der Waals surface area contributed by atoms with E-state index in [2.05, 4.69) is 61.9 Å². The van der Waals surface area contributed by atoms with Crippen LogP contribution >= 0.6 is 27.5 Å². The van der Waals surface area contributed by atoms with E-state index in [-0.39, 0.29) is 6.04 Å². The van der Waals surface area contributed by atoms with Crippen molar-refractivity contribution >= 4 is 49.5 Å². The lowest BCUT2D eigenvalue weighted by molar-refractivity contribution is 0.0610. The van der Waals surface area contributed by atoms with Gasteiger partial charge in [-0.05, 0) is 58.8 Å². The number of aromatic nitrogens is 3. The molecule has 1 aromatic carbocycles. The monoisotopic (exact) mass is 469 g/mol. The maximum Gasteiger partial charge on any atom is 0.153 e. The van der Waals surface area contributed by atoms with Gasteiger partial charge in [-0.25, -0.2) is 4.98 Å². The molecule has 4 nitrogen and oxygen atoms in total. The van der Waals surface area contributed by atoms with Crippen molar-refractivity contribution in [3.05, 3.63) is 70.0 Å². The van der Waals surface area contributed by atoms with Gasteiger partial charge in [0.05, 0.1) is 22.6 Å². The summed E-state index contributed by atoms with van der Waals surface area (Å²) < 4.78 is 8.90. The number of rotatable bonds is 4. The lowest BCUT2D eigenvalue weighted by Crippen LogP contribution is -2.21. The highest BCUT2D eigenvalue weighted by molar-refractivity contribution is 9.10. The summed E-state index contributed by atoms with van der Waals surface area (Å²) in [5, 5.41) is 1.56. The molecule has 5 rings (SSSR count). The molecule has 4 heterocycles. The molecule has 148 valence electrons. The molecule has 1 saturated heterocycles. The number of hydrogen-bond donors (Lipinski definition) is 0. The molecule has 1 aliphatic rings. The molecule has 1 atom stereocenters. The number of nitrogens with zero attached hydrogens (tertiary/aromatic N) is 3. The highest BCUT2D eigenvalue weighted by Gasteiger charge is 2.26. The van der Waals surface area contributed by atoms with Crippen LogP contribution in [-0.4, -0.2) is 27.7 Å². The van der Waals surface area contributed by atoms with Crippen LogP contribution in [0.3, 0.4) is 0 Å².